The van der Waals surface area contributed by atoms with Crippen LogP contribution in [-0.2, 0) is 0 Å². The summed E-state index contributed by atoms with van der Waals surface area (Å²) in [4.78, 5) is 10.4. The van der Waals surface area contributed by atoms with Crippen molar-refractivity contribution in [1.82, 2.24) is 27.9 Å². The fourth-order valence-electron chi connectivity index (χ4n) is 9.45. The number of aromatic nitrogens is 6. The number of hydrogen-bond donors (Lipinski definition) is 0. The summed E-state index contributed by atoms with van der Waals surface area (Å²) >= 11 is 0. The summed E-state index contributed by atoms with van der Waals surface area (Å²) in [7, 11) is 0. The normalized spacial score (nSPS) is 12.5. The van der Waals surface area contributed by atoms with Crippen molar-refractivity contribution >= 4 is 99.6 Å². The Morgan fingerprint density at radius 2 is 0.776 bits per heavy atom. The lowest BCUT2D eigenvalue weighted by molar-refractivity contribution is 0.666. The molecule has 0 aliphatic heterocycles. The lowest BCUT2D eigenvalue weighted by Gasteiger charge is -2.08. The molecule has 6 heterocycles. The number of rotatable bonds is 3. The van der Waals surface area contributed by atoms with E-state index >= 15 is 0 Å². The molecule has 0 amide bonds. The molecule has 270 valence electrons. The molecule has 8 nitrogen and oxygen atoms in total. The molecule has 0 radical (unpaired) electrons. The van der Waals surface area contributed by atoms with Gasteiger partial charge in [-0.15, -0.1) is 0 Å². The van der Waals surface area contributed by atoms with Crippen LogP contribution in [0.15, 0.2) is 179 Å². The Hall–Kier alpha value is -8.10. The highest BCUT2D eigenvalue weighted by Gasteiger charge is 2.24. The standard InChI is InChI=1S/C50H28N6O2/c1-7-21-45-31(11-1)33-13-9-19-41(47(33)57-45)55-39-25-23-29(27-43(39)53-37-17-5-3-15-35(37)51-49(53)55)30-24-26-40-44(28-30)54-38-18-6-4-16-36(38)52-50(54)56(40)42-20-10-14-34-32-12-2-8-22-46(32)58-48(34)42/h1-28H. The summed E-state index contributed by atoms with van der Waals surface area (Å²) < 4.78 is 22.2. The van der Waals surface area contributed by atoms with Crippen molar-refractivity contribution in [2.24, 2.45) is 0 Å². The van der Waals surface area contributed by atoms with Gasteiger partial charge in [0, 0.05) is 21.5 Å². The Balaban J connectivity index is 1.03. The molecule has 0 aliphatic carbocycles. The molecule has 0 unspecified atom stereocenters. The van der Waals surface area contributed by atoms with Crippen LogP contribution in [0.5, 0.6) is 0 Å². The highest BCUT2D eigenvalue weighted by atomic mass is 16.3. The number of fused-ring (bicyclic) bond motifs is 16. The molecule has 0 aliphatic rings. The van der Waals surface area contributed by atoms with Gasteiger partial charge in [0.1, 0.15) is 11.2 Å². The van der Waals surface area contributed by atoms with Crippen LogP contribution in [0.4, 0.5) is 0 Å². The first-order valence-corrected chi connectivity index (χ1v) is 19.4. The van der Waals surface area contributed by atoms with Gasteiger partial charge >= 0.3 is 0 Å². The van der Waals surface area contributed by atoms with Gasteiger partial charge in [0.2, 0.25) is 11.6 Å². The topological polar surface area (TPSA) is 70.7 Å². The molecular weight excluding hydrogens is 717 g/mol. The molecule has 8 aromatic carbocycles. The van der Waals surface area contributed by atoms with Crippen LogP contribution in [0.1, 0.15) is 0 Å². The zero-order valence-electron chi connectivity index (χ0n) is 30.7. The smallest absolute Gasteiger partial charge is 0.220 e. The van der Waals surface area contributed by atoms with Crippen LogP contribution in [0.3, 0.4) is 0 Å². The molecule has 0 saturated carbocycles. The summed E-state index contributed by atoms with van der Waals surface area (Å²) in [5, 5.41) is 4.36. The fraction of sp³-hybridized carbons (Fsp3) is 0. The molecule has 0 N–H and O–H groups in total. The molecule has 8 heteroatoms. The lowest BCUT2D eigenvalue weighted by atomic mass is 10.0. The first-order valence-electron chi connectivity index (χ1n) is 19.4. The van der Waals surface area contributed by atoms with E-state index in [1.165, 1.54) is 0 Å². The van der Waals surface area contributed by atoms with Crippen LogP contribution in [0, 0.1) is 0 Å². The van der Waals surface area contributed by atoms with E-state index in [9.17, 15) is 0 Å². The molecule has 6 aromatic heterocycles. The zero-order valence-corrected chi connectivity index (χ0v) is 30.7. The molecule has 14 aromatic rings. The largest absolute Gasteiger partial charge is 0.454 e. The molecule has 0 atom stereocenters. The second kappa shape index (κ2) is 10.8. The Morgan fingerprint density at radius 3 is 1.28 bits per heavy atom. The zero-order chi connectivity index (χ0) is 37.6. The van der Waals surface area contributed by atoms with Gasteiger partial charge in [-0.1, -0.05) is 97.1 Å². The van der Waals surface area contributed by atoms with E-state index in [0.29, 0.717) is 0 Å². The monoisotopic (exact) mass is 744 g/mol. The average Bonchev–Trinajstić information content (AvgIpc) is 4.11. The van der Waals surface area contributed by atoms with Crippen molar-refractivity contribution in [2.45, 2.75) is 0 Å². The maximum absolute atomic E-state index is 6.57. The third kappa shape index (κ3) is 3.83. The second-order valence-electron chi connectivity index (χ2n) is 15.1. The fourth-order valence-corrected chi connectivity index (χ4v) is 9.45. The number of benzene rings is 8. The van der Waals surface area contributed by atoms with Gasteiger partial charge in [0.15, 0.2) is 11.2 Å². The van der Waals surface area contributed by atoms with Gasteiger partial charge in [-0.2, -0.15) is 0 Å². The lowest BCUT2D eigenvalue weighted by Crippen LogP contribution is -1.96. The second-order valence-corrected chi connectivity index (χ2v) is 15.1. The third-order valence-electron chi connectivity index (χ3n) is 12.0. The molecule has 14 rings (SSSR count). The van der Waals surface area contributed by atoms with Crippen LogP contribution in [0.25, 0.3) is 122 Å². The molecule has 0 saturated heterocycles. The predicted molar refractivity (Wildman–Crippen MR) is 233 cm³/mol. The number of para-hydroxylation sites is 8. The highest BCUT2D eigenvalue weighted by molar-refractivity contribution is 6.10. The van der Waals surface area contributed by atoms with Crippen molar-refractivity contribution < 1.29 is 8.83 Å². The first kappa shape index (κ1) is 30.2. The Bertz CT molecular complexity index is 3790. The van der Waals surface area contributed by atoms with E-state index < -0.39 is 0 Å². The Labute approximate surface area is 327 Å². The summed E-state index contributed by atoms with van der Waals surface area (Å²) in [6.45, 7) is 0. The van der Waals surface area contributed by atoms with Gasteiger partial charge in [0.05, 0.1) is 55.5 Å². The van der Waals surface area contributed by atoms with Gasteiger partial charge < -0.3 is 8.83 Å². The van der Waals surface area contributed by atoms with Crippen molar-refractivity contribution in [1.29, 1.82) is 0 Å². The molecule has 0 spiro atoms. The maximum atomic E-state index is 6.57. The number of furan rings is 2. The van der Waals surface area contributed by atoms with Crippen molar-refractivity contribution in [3.8, 4) is 22.5 Å². The molecule has 58 heavy (non-hydrogen) atoms. The van der Waals surface area contributed by atoms with Gasteiger partial charge in [0.25, 0.3) is 0 Å². The number of hydrogen-bond acceptors (Lipinski definition) is 4. The van der Waals surface area contributed by atoms with Crippen LogP contribution < -0.4 is 0 Å². The quantitative estimate of drug-likeness (QED) is 0.181. The van der Waals surface area contributed by atoms with E-state index in [4.69, 9.17) is 18.8 Å². The molecule has 0 bridgehead atoms. The van der Waals surface area contributed by atoms with E-state index in [2.05, 4.69) is 151 Å². The third-order valence-corrected chi connectivity index (χ3v) is 12.0. The summed E-state index contributed by atoms with van der Waals surface area (Å²) in [6, 6.07) is 59.3. The van der Waals surface area contributed by atoms with Gasteiger partial charge in [-0.3, -0.25) is 17.9 Å². The summed E-state index contributed by atoms with van der Waals surface area (Å²) in [5.41, 5.74) is 15.7. The maximum Gasteiger partial charge on any atom is 0.220 e. The Morgan fingerprint density at radius 1 is 0.345 bits per heavy atom. The minimum Gasteiger partial charge on any atom is -0.454 e. The summed E-state index contributed by atoms with van der Waals surface area (Å²) in [5.74, 6) is 1.67. The van der Waals surface area contributed by atoms with Crippen LogP contribution in [-0.4, -0.2) is 27.9 Å². The van der Waals surface area contributed by atoms with Crippen LogP contribution in [0.2, 0.25) is 0 Å². The molecular formula is C50H28N6O2. The van der Waals surface area contributed by atoms with E-state index in [-0.39, 0.29) is 0 Å². The Kier molecular flexibility index (Phi) is 5.62. The van der Waals surface area contributed by atoms with E-state index in [1.54, 1.807) is 0 Å². The first-order chi connectivity index (χ1) is 28.8. The number of nitrogens with zero attached hydrogens (tertiary/aromatic N) is 6. The van der Waals surface area contributed by atoms with Gasteiger partial charge in [-0.25, -0.2) is 9.97 Å². The highest BCUT2D eigenvalue weighted by Crippen LogP contribution is 2.40. The van der Waals surface area contributed by atoms with Crippen molar-refractivity contribution in [3.63, 3.8) is 0 Å². The predicted octanol–water partition coefficient (Wildman–Crippen LogP) is 12.6. The van der Waals surface area contributed by atoms with Crippen molar-refractivity contribution in [3.05, 3.63) is 170 Å². The minimum atomic E-state index is 0.834. The number of imidazole rings is 4. The summed E-state index contributed by atoms with van der Waals surface area (Å²) in [6.07, 6.45) is 0. The SMILES string of the molecule is c1ccc2c(c1)nc1n(-c3cccc4c3oc3ccccc34)c3ccc(-c4ccc5c(c4)n4c6ccccc6nc4n5-c4cccc5c4oc4ccccc45)cc3n21. The van der Waals surface area contributed by atoms with E-state index in [1.807, 2.05) is 36.4 Å². The average molecular weight is 745 g/mol. The molecule has 0 fully saturated rings. The van der Waals surface area contributed by atoms with Gasteiger partial charge in [-0.05, 0) is 83.9 Å². The minimum absolute atomic E-state index is 0.834. The van der Waals surface area contributed by atoms with Crippen LogP contribution >= 0.6 is 0 Å². The van der Waals surface area contributed by atoms with E-state index in [0.717, 1.165) is 122 Å². The van der Waals surface area contributed by atoms with Crippen molar-refractivity contribution in [2.75, 3.05) is 0 Å².